The minimum Gasteiger partial charge on any atom is -0.352 e. The molecule has 1 saturated carbocycles. The van der Waals surface area contributed by atoms with E-state index in [1.807, 2.05) is 61.5 Å². The van der Waals surface area contributed by atoms with E-state index < -0.39 is 28.5 Å². The van der Waals surface area contributed by atoms with Crippen LogP contribution in [0.1, 0.15) is 48.8 Å². The van der Waals surface area contributed by atoms with Crippen LogP contribution in [-0.4, -0.2) is 43.8 Å². The highest BCUT2D eigenvalue weighted by Gasteiger charge is 2.35. The third-order valence-electron chi connectivity index (χ3n) is 8.55. The number of aryl methyl sites for hydroxylation is 1. The van der Waals surface area contributed by atoms with E-state index in [0.717, 1.165) is 53.1 Å². The van der Waals surface area contributed by atoms with Gasteiger partial charge in [-0.1, -0.05) is 104 Å². The number of hydrogen-bond acceptors (Lipinski definition) is 4. The molecule has 0 aliphatic heterocycles. The Labute approximate surface area is 277 Å². The highest BCUT2D eigenvalue weighted by Crippen LogP contribution is 2.27. The van der Waals surface area contributed by atoms with Crippen LogP contribution in [0.4, 0.5) is 5.69 Å². The molecule has 1 aliphatic carbocycles. The molecule has 5 rings (SSSR count). The lowest BCUT2D eigenvalue weighted by molar-refractivity contribution is -0.140. The van der Waals surface area contributed by atoms with Gasteiger partial charge < -0.3 is 10.2 Å². The number of anilines is 1. The molecule has 240 valence electrons. The Morgan fingerprint density at radius 3 is 2.09 bits per heavy atom. The van der Waals surface area contributed by atoms with Gasteiger partial charge in [-0.15, -0.1) is 0 Å². The SMILES string of the molecule is Cc1ccccc1CN(C(=O)CN(c1ccc(Cl)cc1)S(=O)(=O)c1ccccc1)[C@@H](Cc1ccccc1)C(=O)NC1CCCCC1. The predicted molar refractivity (Wildman–Crippen MR) is 183 cm³/mol. The van der Waals surface area contributed by atoms with Gasteiger partial charge in [0.2, 0.25) is 11.8 Å². The maximum Gasteiger partial charge on any atom is 0.264 e. The third kappa shape index (κ3) is 8.36. The number of rotatable bonds is 12. The number of amides is 2. The zero-order valence-electron chi connectivity index (χ0n) is 26.0. The topological polar surface area (TPSA) is 86.8 Å². The Morgan fingerprint density at radius 2 is 1.43 bits per heavy atom. The largest absolute Gasteiger partial charge is 0.352 e. The molecule has 0 radical (unpaired) electrons. The van der Waals surface area contributed by atoms with E-state index in [2.05, 4.69) is 5.32 Å². The Hall–Kier alpha value is -4.14. The van der Waals surface area contributed by atoms with E-state index in [4.69, 9.17) is 11.6 Å². The first-order valence-electron chi connectivity index (χ1n) is 15.7. The van der Waals surface area contributed by atoms with Crippen LogP contribution in [0, 0.1) is 6.92 Å². The normalized spacial score (nSPS) is 14.3. The summed E-state index contributed by atoms with van der Waals surface area (Å²) in [7, 11) is -4.16. The summed E-state index contributed by atoms with van der Waals surface area (Å²) in [6.07, 6.45) is 5.32. The van der Waals surface area contributed by atoms with Crippen LogP contribution in [-0.2, 0) is 32.6 Å². The molecule has 1 N–H and O–H groups in total. The van der Waals surface area contributed by atoms with Gasteiger partial charge in [0, 0.05) is 24.0 Å². The van der Waals surface area contributed by atoms with Gasteiger partial charge >= 0.3 is 0 Å². The van der Waals surface area contributed by atoms with Crippen molar-refractivity contribution >= 4 is 39.1 Å². The van der Waals surface area contributed by atoms with Crippen molar-refractivity contribution < 1.29 is 18.0 Å². The summed E-state index contributed by atoms with van der Waals surface area (Å²) < 4.78 is 29.3. The van der Waals surface area contributed by atoms with E-state index in [1.165, 1.54) is 12.1 Å². The second-order valence-electron chi connectivity index (χ2n) is 11.8. The molecule has 7 nitrogen and oxygen atoms in total. The van der Waals surface area contributed by atoms with Crippen LogP contribution >= 0.6 is 11.6 Å². The molecule has 4 aromatic carbocycles. The van der Waals surface area contributed by atoms with E-state index in [-0.39, 0.29) is 29.8 Å². The molecule has 1 fully saturated rings. The van der Waals surface area contributed by atoms with Crippen molar-refractivity contribution in [2.75, 3.05) is 10.8 Å². The van der Waals surface area contributed by atoms with Crippen LogP contribution in [0.2, 0.25) is 5.02 Å². The van der Waals surface area contributed by atoms with Crippen molar-refractivity contribution in [2.24, 2.45) is 0 Å². The van der Waals surface area contributed by atoms with Gasteiger partial charge in [-0.05, 0) is 72.9 Å². The van der Waals surface area contributed by atoms with E-state index in [0.29, 0.717) is 10.7 Å². The number of halogens is 1. The summed E-state index contributed by atoms with van der Waals surface area (Å²) in [5, 5.41) is 3.68. The van der Waals surface area contributed by atoms with Gasteiger partial charge in [-0.3, -0.25) is 13.9 Å². The molecule has 0 spiro atoms. The van der Waals surface area contributed by atoms with Crippen LogP contribution in [0.3, 0.4) is 0 Å². The Balaban J connectivity index is 1.56. The third-order valence-corrected chi connectivity index (χ3v) is 10.6. The summed E-state index contributed by atoms with van der Waals surface area (Å²) >= 11 is 6.15. The number of nitrogens with one attached hydrogen (secondary N) is 1. The zero-order valence-corrected chi connectivity index (χ0v) is 27.6. The van der Waals surface area contributed by atoms with Gasteiger partial charge in [0.1, 0.15) is 12.6 Å². The van der Waals surface area contributed by atoms with E-state index >= 15 is 0 Å². The zero-order chi connectivity index (χ0) is 32.5. The maximum absolute atomic E-state index is 14.6. The molecule has 9 heteroatoms. The Kier molecular flexibility index (Phi) is 11.1. The fraction of sp³-hybridized carbons (Fsp3) is 0.297. The van der Waals surface area contributed by atoms with Gasteiger partial charge in [-0.25, -0.2) is 8.42 Å². The van der Waals surface area contributed by atoms with Gasteiger partial charge in [0.25, 0.3) is 10.0 Å². The number of carbonyl (C=O) groups excluding carboxylic acids is 2. The Morgan fingerprint density at radius 1 is 0.826 bits per heavy atom. The quantitative estimate of drug-likeness (QED) is 0.179. The van der Waals surface area contributed by atoms with Crippen molar-refractivity contribution in [3.05, 3.63) is 131 Å². The second kappa shape index (κ2) is 15.4. The van der Waals surface area contributed by atoms with Crippen molar-refractivity contribution in [3.63, 3.8) is 0 Å². The van der Waals surface area contributed by atoms with Gasteiger partial charge in [0.15, 0.2) is 0 Å². The Bertz CT molecular complexity index is 1710. The van der Waals surface area contributed by atoms with Crippen LogP contribution in [0.15, 0.2) is 114 Å². The fourth-order valence-corrected chi connectivity index (χ4v) is 7.49. The first-order chi connectivity index (χ1) is 22.2. The molecule has 0 heterocycles. The summed E-state index contributed by atoms with van der Waals surface area (Å²) in [4.78, 5) is 30.4. The summed E-state index contributed by atoms with van der Waals surface area (Å²) in [6, 6.07) is 30.9. The summed E-state index contributed by atoms with van der Waals surface area (Å²) in [5.41, 5.74) is 3.05. The molecule has 1 atom stereocenters. The molecule has 2 amide bonds. The number of sulfonamides is 1. The van der Waals surface area contributed by atoms with E-state index in [1.54, 1.807) is 47.4 Å². The molecular weight excluding hydrogens is 618 g/mol. The van der Waals surface area contributed by atoms with Crippen molar-refractivity contribution in [2.45, 2.75) is 69.0 Å². The molecular formula is C37H40ClN3O4S. The minimum absolute atomic E-state index is 0.0407. The van der Waals surface area contributed by atoms with Crippen LogP contribution < -0.4 is 9.62 Å². The summed E-state index contributed by atoms with van der Waals surface area (Å²) in [6.45, 7) is 1.60. The number of nitrogens with zero attached hydrogens (tertiary/aromatic N) is 2. The maximum atomic E-state index is 14.6. The average Bonchev–Trinajstić information content (AvgIpc) is 3.07. The second-order valence-corrected chi connectivity index (χ2v) is 14.1. The summed E-state index contributed by atoms with van der Waals surface area (Å²) in [5.74, 6) is -0.723. The highest BCUT2D eigenvalue weighted by atomic mass is 35.5. The number of carbonyl (C=O) groups is 2. The lowest BCUT2D eigenvalue weighted by atomic mass is 9.94. The fourth-order valence-electron chi connectivity index (χ4n) is 5.93. The first-order valence-corrected chi connectivity index (χ1v) is 17.6. The number of benzene rings is 4. The lowest BCUT2D eigenvalue weighted by Gasteiger charge is -2.35. The highest BCUT2D eigenvalue weighted by molar-refractivity contribution is 7.92. The predicted octanol–water partition coefficient (Wildman–Crippen LogP) is 6.93. The molecule has 0 bridgehead atoms. The molecule has 0 unspecified atom stereocenters. The first kappa shape index (κ1) is 33.2. The van der Waals surface area contributed by atoms with Crippen molar-refractivity contribution in [1.82, 2.24) is 10.2 Å². The number of hydrogen-bond donors (Lipinski definition) is 1. The molecule has 0 saturated heterocycles. The van der Waals surface area contributed by atoms with Crippen molar-refractivity contribution in [3.8, 4) is 0 Å². The lowest BCUT2D eigenvalue weighted by Crippen LogP contribution is -2.55. The van der Waals surface area contributed by atoms with Crippen LogP contribution in [0.25, 0.3) is 0 Å². The molecule has 1 aliphatic rings. The average molecular weight is 658 g/mol. The monoisotopic (exact) mass is 657 g/mol. The molecule has 46 heavy (non-hydrogen) atoms. The van der Waals surface area contributed by atoms with Crippen molar-refractivity contribution in [1.29, 1.82) is 0 Å². The van der Waals surface area contributed by atoms with E-state index in [9.17, 15) is 18.0 Å². The minimum atomic E-state index is -4.16. The van der Waals surface area contributed by atoms with Crippen LogP contribution in [0.5, 0.6) is 0 Å². The molecule has 4 aromatic rings. The van der Waals surface area contributed by atoms with Gasteiger partial charge in [-0.2, -0.15) is 0 Å². The van der Waals surface area contributed by atoms with Gasteiger partial charge in [0.05, 0.1) is 10.6 Å². The smallest absolute Gasteiger partial charge is 0.264 e. The molecule has 0 aromatic heterocycles. The standard InChI is InChI=1S/C37H40ClN3O4S/c1-28-13-11-12-16-30(28)26-40(35(25-29-14-5-2-6-15-29)37(43)39-32-17-7-3-8-18-32)36(42)27-41(33-23-21-31(38)22-24-33)46(44,45)34-19-9-4-10-20-34/h2,4-6,9-16,19-24,32,35H,3,7-8,17-18,25-27H2,1H3,(H,39,43)/t35-/m0/s1.